The summed E-state index contributed by atoms with van der Waals surface area (Å²) in [6.07, 6.45) is -10.4. The van der Waals surface area contributed by atoms with E-state index in [4.69, 9.17) is 9.47 Å². The molecule has 4 nitrogen and oxygen atoms in total. The van der Waals surface area contributed by atoms with Crippen LogP contribution in [0.3, 0.4) is 0 Å². The summed E-state index contributed by atoms with van der Waals surface area (Å²) in [5.41, 5.74) is -1.18. The van der Waals surface area contributed by atoms with E-state index >= 15 is 0 Å². The van der Waals surface area contributed by atoms with Crippen LogP contribution in [0.4, 0.5) is 32.0 Å². The molecule has 0 N–H and O–H groups in total. The second-order valence-electron chi connectivity index (χ2n) is 6.90. The zero-order valence-electron chi connectivity index (χ0n) is 15.3. The van der Waals surface area contributed by atoms with Crippen LogP contribution in [0.15, 0.2) is 18.2 Å². The van der Waals surface area contributed by atoms with Gasteiger partial charge in [0.1, 0.15) is 12.6 Å². The molecule has 0 saturated heterocycles. The molecule has 1 unspecified atom stereocenters. The van der Waals surface area contributed by atoms with Gasteiger partial charge in [0.05, 0.1) is 34.8 Å². The number of nitrogens with zero attached hydrogens (tertiary/aromatic N) is 2. The first kappa shape index (κ1) is 20.3. The normalized spacial score (nSPS) is 17.6. The third-order valence-corrected chi connectivity index (χ3v) is 4.05. The molecule has 154 valence electrons. The number of ether oxygens (including phenoxy) is 2. The van der Waals surface area contributed by atoms with E-state index < -0.39 is 36.7 Å². The van der Waals surface area contributed by atoms with Crippen LogP contribution >= 0.6 is 0 Å². The van der Waals surface area contributed by atoms with Crippen molar-refractivity contribution in [3.8, 4) is 11.6 Å². The number of anilines is 1. The molecule has 0 aliphatic carbocycles. The molecule has 0 spiro atoms. The third kappa shape index (κ3) is 4.20. The number of hydrogen-bond donors (Lipinski definition) is 0. The van der Waals surface area contributed by atoms with Crippen molar-refractivity contribution in [3.63, 3.8) is 0 Å². The maximum atomic E-state index is 13.7. The van der Waals surface area contributed by atoms with Crippen LogP contribution in [0.1, 0.15) is 26.3 Å². The number of pyridine rings is 1. The third-order valence-electron chi connectivity index (χ3n) is 4.05. The highest BCUT2D eigenvalue weighted by atomic mass is 19.4. The van der Waals surface area contributed by atoms with Crippen LogP contribution in [-0.2, 0) is 6.18 Å². The van der Waals surface area contributed by atoms with Crippen molar-refractivity contribution in [3.05, 3.63) is 23.8 Å². The van der Waals surface area contributed by atoms with Crippen molar-refractivity contribution in [2.75, 3.05) is 18.0 Å². The van der Waals surface area contributed by atoms with Gasteiger partial charge < -0.3 is 14.4 Å². The molecule has 3 rings (SSSR count). The van der Waals surface area contributed by atoms with E-state index in [-0.39, 0.29) is 34.8 Å². The Bertz CT molecular complexity index is 879. The van der Waals surface area contributed by atoms with Gasteiger partial charge in [0, 0.05) is 6.07 Å². The molecule has 0 radical (unpaired) electrons. The maximum absolute atomic E-state index is 13.7. The highest BCUT2D eigenvalue weighted by molar-refractivity contribution is 5.95. The highest BCUT2D eigenvalue weighted by Gasteiger charge is 2.39. The van der Waals surface area contributed by atoms with E-state index in [0.717, 1.165) is 11.0 Å². The molecule has 28 heavy (non-hydrogen) atoms. The van der Waals surface area contributed by atoms with Gasteiger partial charge in [0.2, 0.25) is 5.88 Å². The first-order chi connectivity index (χ1) is 12.8. The first-order valence-corrected chi connectivity index (χ1v) is 8.55. The van der Waals surface area contributed by atoms with Crippen LogP contribution in [0.5, 0.6) is 11.6 Å². The Labute approximate surface area is 157 Å². The van der Waals surface area contributed by atoms with E-state index in [9.17, 15) is 26.3 Å². The molecule has 0 amide bonds. The number of hydrogen-bond acceptors (Lipinski definition) is 4. The molecular formula is C18H18F6N2O2. The summed E-state index contributed by atoms with van der Waals surface area (Å²) < 4.78 is 90.9. The van der Waals surface area contributed by atoms with Crippen LogP contribution in [0, 0.1) is 0 Å². The van der Waals surface area contributed by atoms with Gasteiger partial charge in [0.15, 0.2) is 5.75 Å². The molecule has 1 aromatic carbocycles. The largest absolute Gasteiger partial charge is 0.486 e. The molecule has 1 aromatic heterocycles. The van der Waals surface area contributed by atoms with E-state index in [0.29, 0.717) is 0 Å². The summed E-state index contributed by atoms with van der Waals surface area (Å²) in [5.74, 6) is -0.470. The van der Waals surface area contributed by atoms with Gasteiger partial charge in [-0.15, -0.1) is 0 Å². The fraction of sp³-hybridized carbons (Fsp3) is 0.500. The van der Waals surface area contributed by atoms with Crippen molar-refractivity contribution < 1.29 is 35.8 Å². The average molecular weight is 408 g/mol. The van der Waals surface area contributed by atoms with Gasteiger partial charge in [-0.25, -0.2) is 4.98 Å². The molecule has 0 saturated carbocycles. The van der Waals surface area contributed by atoms with Crippen LogP contribution in [0.25, 0.3) is 10.9 Å². The lowest BCUT2D eigenvalue weighted by atomic mass is 10.0. The van der Waals surface area contributed by atoms with Crippen molar-refractivity contribution in [1.29, 1.82) is 0 Å². The molecule has 1 aliphatic rings. The summed E-state index contributed by atoms with van der Waals surface area (Å²) in [6, 6.07) is 3.29. The van der Waals surface area contributed by atoms with Crippen LogP contribution < -0.4 is 14.4 Å². The molecule has 2 aromatic rings. The molecule has 1 aliphatic heterocycles. The van der Waals surface area contributed by atoms with Gasteiger partial charge in [-0.2, -0.15) is 26.3 Å². The Morgan fingerprint density at radius 2 is 1.89 bits per heavy atom. The zero-order valence-corrected chi connectivity index (χ0v) is 15.3. The summed E-state index contributed by atoms with van der Waals surface area (Å²) in [6.45, 7) is 3.41. The lowest BCUT2D eigenvalue weighted by Gasteiger charge is -2.36. The van der Waals surface area contributed by atoms with E-state index in [1.165, 1.54) is 19.1 Å². The summed E-state index contributed by atoms with van der Waals surface area (Å²) in [4.78, 5) is 5.05. The Kier molecular flexibility index (Phi) is 5.01. The fourth-order valence-electron chi connectivity index (χ4n) is 3.17. The topological polar surface area (TPSA) is 34.6 Å². The minimum Gasteiger partial charge on any atom is -0.486 e. The second-order valence-corrected chi connectivity index (χ2v) is 6.90. The Balaban J connectivity index is 2.25. The molecule has 1 atom stereocenters. The van der Waals surface area contributed by atoms with Gasteiger partial charge in [0.25, 0.3) is 0 Å². The number of rotatable bonds is 3. The van der Waals surface area contributed by atoms with Gasteiger partial charge in [-0.1, -0.05) is 0 Å². The quantitative estimate of drug-likeness (QED) is 0.655. The maximum Gasteiger partial charge on any atom is 0.417 e. The minimum atomic E-state index is -4.77. The SMILES string of the molecule is CC(C)Oc1cc(C(F)(F)F)c2c3c(ccc2n1)N(CC(F)(F)F)CC(C)O3. The van der Waals surface area contributed by atoms with Crippen molar-refractivity contribution in [2.24, 2.45) is 0 Å². The number of benzene rings is 1. The van der Waals surface area contributed by atoms with Crippen molar-refractivity contribution >= 4 is 16.6 Å². The summed E-state index contributed by atoms with van der Waals surface area (Å²) in [5, 5.41) is -0.375. The predicted octanol–water partition coefficient (Wildman–Crippen LogP) is 5.19. The first-order valence-electron chi connectivity index (χ1n) is 8.55. The van der Waals surface area contributed by atoms with Crippen LogP contribution in [0.2, 0.25) is 0 Å². The van der Waals surface area contributed by atoms with Crippen LogP contribution in [-0.4, -0.2) is 36.5 Å². The van der Waals surface area contributed by atoms with Gasteiger partial charge in [-0.05, 0) is 32.9 Å². The monoisotopic (exact) mass is 408 g/mol. The zero-order chi connectivity index (χ0) is 20.9. The second kappa shape index (κ2) is 6.89. The Hall–Kier alpha value is -2.39. The standard InChI is InChI=1S/C18H18F6N2O2/c1-9(2)27-14-6-11(18(22,23)24)15-12(25-14)4-5-13-16(15)28-10(3)7-26(13)8-17(19,20)21/h4-6,9-10H,7-8H2,1-3H3. The molecule has 10 heteroatoms. The lowest BCUT2D eigenvalue weighted by Crippen LogP contribution is -2.43. The Morgan fingerprint density at radius 3 is 2.46 bits per heavy atom. The van der Waals surface area contributed by atoms with Crippen molar-refractivity contribution in [2.45, 2.75) is 45.3 Å². The van der Waals surface area contributed by atoms with E-state index in [1.807, 2.05) is 0 Å². The highest BCUT2D eigenvalue weighted by Crippen LogP contribution is 2.46. The minimum absolute atomic E-state index is 0.0484. The number of halogens is 6. The van der Waals surface area contributed by atoms with Gasteiger partial charge in [-0.3, -0.25) is 0 Å². The fourth-order valence-corrected chi connectivity index (χ4v) is 3.17. The molecule has 2 heterocycles. The predicted molar refractivity (Wildman–Crippen MR) is 90.9 cm³/mol. The summed E-state index contributed by atoms with van der Waals surface area (Å²) in [7, 11) is 0. The average Bonchev–Trinajstić information content (AvgIpc) is 2.50. The Morgan fingerprint density at radius 1 is 1.21 bits per heavy atom. The number of alkyl halides is 6. The smallest absolute Gasteiger partial charge is 0.417 e. The number of aromatic nitrogens is 1. The number of fused-ring (bicyclic) bond motifs is 3. The molecule has 0 fully saturated rings. The lowest BCUT2D eigenvalue weighted by molar-refractivity contribution is -0.136. The van der Waals surface area contributed by atoms with Crippen molar-refractivity contribution in [1.82, 2.24) is 4.98 Å². The molecule has 0 bridgehead atoms. The van der Waals surface area contributed by atoms with E-state index in [2.05, 4.69) is 4.98 Å². The van der Waals surface area contributed by atoms with E-state index in [1.54, 1.807) is 13.8 Å². The van der Waals surface area contributed by atoms with Gasteiger partial charge >= 0.3 is 12.4 Å². The molecular weight excluding hydrogens is 390 g/mol. The summed E-state index contributed by atoms with van der Waals surface area (Å²) >= 11 is 0.